The third-order valence-electron chi connectivity index (χ3n) is 9.09. The van der Waals surface area contributed by atoms with Crippen LogP contribution < -0.4 is 0 Å². The van der Waals surface area contributed by atoms with Gasteiger partial charge in [-0.1, -0.05) is 33.6 Å². The Kier molecular flexibility index (Phi) is 3.60. The lowest BCUT2D eigenvalue weighted by atomic mass is 9.44. The summed E-state index contributed by atoms with van der Waals surface area (Å²) in [5.41, 5.74) is -1.63. The number of fused-ring (bicyclic) bond motifs is 5. The minimum Gasteiger partial charge on any atom is -0.381 e. The summed E-state index contributed by atoms with van der Waals surface area (Å²) in [6.07, 6.45) is 9.82. The van der Waals surface area contributed by atoms with E-state index in [0.29, 0.717) is 23.7 Å². The number of hydrogen-bond donors (Lipinski definition) is 1. The molecule has 0 heterocycles. The molecule has 4 saturated carbocycles. The molecule has 1 N–H and O–H groups in total. The van der Waals surface area contributed by atoms with Crippen LogP contribution in [0.3, 0.4) is 0 Å². The molecule has 0 spiro atoms. The lowest BCUT2D eigenvalue weighted by Crippen LogP contribution is -2.57. The van der Waals surface area contributed by atoms with Crippen LogP contribution in [0.25, 0.3) is 0 Å². The van der Waals surface area contributed by atoms with E-state index >= 15 is 0 Å². The molecule has 0 amide bonds. The van der Waals surface area contributed by atoms with Crippen molar-refractivity contribution < 1.29 is 14.7 Å². The van der Waals surface area contributed by atoms with E-state index in [0.717, 1.165) is 25.2 Å². The van der Waals surface area contributed by atoms with Gasteiger partial charge in [-0.15, -0.1) is 0 Å². The van der Waals surface area contributed by atoms with E-state index in [9.17, 15) is 14.7 Å². The summed E-state index contributed by atoms with van der Waals surface area (Å²) < 4.78 is 0. The molecule has 0 radical (unpaired) electrons. The van der Waals surface area contributed by atoms with Crippen LogP contribution in [0.1, 0.15) is 78.6 Å². The van der Waals surface area contributed by atoms with Gasteiger partial charge in [-0.25, -0.2) is 0 Å². The smallest absolute Gasteiger partial charge is 0.230 e. The van der Waals surface area contributed by atoms with Gasteiger partial charge in [0.15, 0.2) is 0 Å². The maximum absolute atomic E-state index is 12.9. The van der Waals surface area contributed by atoms with Gasteiger partial charge in [-0.3, -0.25) is 9.59 Å². The summed E-state index contributed by atoms with van der Waals surface area (Å²) in [7, 11) is 0. The Bertz CT molecular complexity index is 584. The average molecular weight is 332 g/mol. The third kappa shape index (κ3) is 1.78. The first kappa shape index (κ1) is 16.8. The van der Waals surface area contributed by atoms with Gasteiger partial charge in [-0.05, 0) is 68.1 Å². The Hall–Kier alpha value is -0.700. The second-order valence-electron chi connectivity index (χ2n) is 9.64. The van der Waals surface area contributed by atoms with Gasteiger partial charge in [0.05, 0.1) is 0 Å². The predicted octanol–water partition coefficient (Wildman–Crippen LogP) is 3.92. The van der Waals surface area contributed by atoms with Gasteiger partial charge >= 0.3 is 0 Å². The molecule has 134 valence electrons. The zero-order valence-electron chi connectivity index (χ0n) is 15.4. The Morgan fingerprint density at radius 2 is 1.79 bits per heavy atom. The maximum atomic E-state index is 12.9. The Labute approximate surface area is 145 Å². The molecule has 4 rings (SSSR count). The molecule has 3 nitrogen and oxygen atoms in total. The van der Waals surface area contributed by atoms with Crippen LogP contribution in [-0.2, 0) is 9.59 Å². The van der Waals surface area contributed by atoms with Gasteiger partial charge < -0.3 is 5.11 Å². The molecule has 0 aromatic carbocycles. The standard InChI is InChI=1S/C21H32O3/c1-4-21(24)18(23)17(22)16-14-9-8-13-7-5-6-11-19(13,2)15(14)10-12-20(16,21)3/h13-16,24H,4-12H2,1-3H3/t13?,14-,15+,16-,19+,20+,21-/m1/s1. The minimum absolute atomic E-state index is 0.242. The molecule has 4 fully saturated rings. The molecule has 0 aliphatic heterocycles. The first-order valence-corrected chi connectivity index (χ1v) is 10.1. The van der Waals surface area contributed by atoms with Crippen LogP contribution in [0.4, 0.5) is 0 Å². The summed E-state index contributed by atoms with van der Waals surface area (Å²) >= 11 is 0. The van der Waals surface area contributed by atoms with E-state index in [2.05, 4.69) is 6.92 Å². The third-order valence-corrected chi connectivity index (χ3v) is 9.09. The van der Waals surface area contributed by atoms with E-state index in [-0.39, 0.29) is 11.7 Å². The van der Waals surface area contributed by atoms with Gasteiger partial charge in [0.2, 0.25) is 11.6 Å². The zero-order valence-corrected chi connectivity index (χ0v) is 15.4. The second-order valence-corrected chi connectivity index (χ2v) is 9.64. The van der Waals surface area contributed by atoms with Gasteiger partial charge in [0, 0.05) is 11.3 Å². The first-order chi connectivity index (χ1) is 11.3. The fourth-order valence-corrected chi connectivity index (χ4v) is 7.62. The fourth-order valence-electron chi connectivity index (χ4n) is 7.62. The lowest BCUT2D eigenvalue weighted by molar-refractivity contribution is -0.162. The lowest BCUT2D eigenvalue weighted by Gasteiger charge is -2.60. The molecule has 7 atom stereocenters. The predicted molar refractivity (Wildman–Crippen MR) is 92.4 cm³/mol. The number of carbonyl (C=O) groups is 2. The van der Waals surface area contributed by atoms with Crippen LogP contribution >= 0.6 is 0 Å². The highest BCUT2D eigenvalue weighted by Crippen LogP contribution is 2.67. The number of rotatable bonds is 1. The summed E-state index contributed by atoms with van der Waals surface area (Å²) in [6.45, 7) is 6.34. The van der Waals surface area contributed by atoms with E-state index in [4.69, 9.17) is 0 Å². The average Bonchev–Trinajstić information content (AvgIpc) is 2.73. The van der Waals surface area contributed by atoms with Crippen LogP contribution in [0.15, 0.2) is 0 Å². The fraction of sp³-hybridized carbons (Fsp3) is 0.905. The van der Waals surface area contributed by atoms with E-state index in [1.165, 1.54) is 32.1 Å². The number of hydrogen-bond acceptors (Lipinski definition) is 3. The molecule has 0 saturated heterocycles. The normalized spacial score (nSPS) is 54.2. The van der Waals surface area contributed by atoms with Gasteiger partial charge in [-0.2, -0.15) is 0 Å². The van der Waals surface area contributed by atoms with Gasteiger partial charge in [0.25, 0.3) is 0 Å². The van der Waals surface area contributed by atoms with Crippen LogP contribution in [-0.4, -0.2) is 22.3 Å². The van der Waals surface area contributed by atoms with Crippen molar-refractivity contribution in [2.24, 2.45) is 34.5 Å². The molecular weight excluding hydrogens is 300 g/mol. The van der Waals surface area contributed by atoms with Crippen LogP contribution in [0.5, 0.6) is 0 Å². The molecule has 24 heavy (non-hydrogen) atoms. The maximum Gasteiger partial charge on any atom is 0.230 e. The van der Waals surface area contributed by atoms with Crippen molar-refractivity contribution in [3.05, 3.63) is 0 Å². The molecule has 1 unspecified atom stereocenters. The van der Waals surface area contributed by atoms with Gasteiger partial charge in [0.1, 0.15) is 5.60 Å². The minimum atomic E-state index is -1.43. The second kappa shape index (κ2) is 5.16. The number of Topliss-reactive ketones (excluding diaryl/α,β-unsaturated/α-hetero) is 2. The highest BCUT2D eigenvalue weighted by molar-refractivity contribution is 6.43. The highest BCUT2D eigenvalue weighted by atomic mass is 16.3. The highest BCUT2D eigenvalue weighted by Gasteiger charge is 2.71. The molecule has 0 aromatic heterocycles. The number of ketones is 2. The van der Waals surface area contributed by atoms with Crippen molar-refractivity contribution in [2.75, 3.05) is 0 Å². The monoisotopic (exact) mass is 332 g/mol. The first-order valence-electron chi connectivity index (χ1n) is 10.1. The van der Waals surface area contributed by atoms with Crippen molar-refractivity contribution in [1.29, 1.82) is 0 Å². The summed E-state index contributed by atoms with van der Waals surface area (Å²) in [4.78, 5) is 25.6. The summed E-state index contributed by atoms with van der Waals surface area (Å²) in [6, 6.07) is 0. The molecule has 0 bridgehead atoms. The van der Waals surface area contributed by atoms with E-state index < -0.39 is 16.8 Å². The molecular formula is C21H32O3. The Morgan fingerprint density at radius 1 is 1.04 bits per heavy atom. The Morgan fingerprint density at radius 3 is 2.50 bits per heavy atom. The zero-order chi connectivity index (χ0) is 17.3. The van der Waals surface area contributed by atoms with Crippen molar-refractivity contribution in [2.45, 2.75) is 84.2 Å². The summed E-state index contributed by atoms with van der Waals surface area (Å²) in [5, 5.41) is 11.1. The van der Waals surface area contributed by atoms with Crippen molar-refractivity contribution in [3.8, 4) is 0 Å². The quantitative estimate of drug-likeness (QED) is 0.741. The molecule has 4 aliphatic carbocycles. The summed E-state index contributed by atoms with van der Waals surface area (Å²) in [5.74, 6) is 0.678. The number of carbonyl (C=O) groups excluding carboxylic acids is 2. The van der Waals surface area contributed by atoms with Crippen molar-refractivity contribution in [1.82, 2.24) is 0 Å². The van der Waals surface area contributed by atoms with Crippen LogP contribution in [0.2, 0.25) is 0 Å². The molecule has 3 heteroatoms. The van der Waals surface area contributed by atoms with Crippen molar-refractivity contribution >= 4 is 11.6 Å². The largest absolute Gasteiger partial charge is 0.381 e. The van der Waals surface area contributed by atoms with Crippen molar-refractivity contribution in [3.63, 3.8) is 0 Å². The van der Waals surface area contributed by atoms with Crippen LogP contribution in [0, 0.1) is 34.5 Å². The Balaban J connectivity index is 1.74. The molecule has 0 aromatic rings. The van der Waals surface area contributed by atoms with E-state index in [1.54, 1.807) is 0 Å². The topological polar surface area (TPSA) is 54.4 Å². The number of aliphatic hydroxyl groups is 1. The SMILES string of the molecule is CC[C@@]1(O)C(=O)C(=O)[C@H]2[C@@H]3CCC4CCCC[C@]4(C)[C@H]3CC[C@@]21C. The molecule has 4 aliphatic rings. The van der Waals surface area contributed by atoms with E-state index in [1.807, 2.05) is 13.8 Å².